The topological polar surface area (TPSA) is 35.5 Å². The monoisotopic (exact) mass is 328 g/mol. The zero-order valence-corrected chi connectivity index (χ0v) is 12.0. The van der Waals surface area contributed by atoms with Gasteiger partial charge in [-0.1, -0.05) is 6.07 Å². The Hall–Kier alpha value is -0.890. The van der Waals surface area contributed by atoms with E-state index in [1.807, 2.05) is 4.90 Å². The smallest absolute Gasteiger partial charge is 0.394 e. The van der Waals surface area contributed by atoms with Crippen LogP contribution in [0.1, 0.15) is 17.2 Å². The summed E-state index contributed by atoms with van der Waals surface area (Å²) in [6, 6.07) is 2.35. The third kappa shape index (κ3) is 4.29. The van der Waals surface area contributed by atoms with Gasteiger partial charge in [-0.2, -0.15) is 13.2 Å². The molecule has 2 N–H and O–H groups in total. The Morgan fingerprint density at radius 1 is 1.24 bits per heavy atom. The molecular formula is C13H17ClF4N2O. The summed E-state index contributed by atoms with van der Waals surface area (Å²) in [6.07, 6.45) is -4.73. The first kappa shape index (κ1) is 18.2. The molecule has 1 aromatic rings. The normalized spacial score (nSPS) is 18.1. The van der Waals surface area contributed by atoms with E-state index in [1.54, 1.807) is 0 Å². The van der Waals surface area contributed by atoms with Crippen molar-refractivity contribution in [3.05, 3.63) is 35.1 Å². The molecule has 1 aliphatic rings. The Balaban J connectivity index is 0.00000220. The van der Waals surface area contributed by atoms with Crippen molar-refractivity contribution in [3.8, 4) is 0 Å². The fraction of sp³-hybridized carbons (Fsp3) is 0.538. The van der Waals surface area contributed by atoms with E-state index in [0.717, 1.165) is 12.1 Å². The van der Waals surface area contributed by atoms with Crippen molar-refractivity contribution in [1.29, 1.82) is 0 Å². The summed E-state index contributed by atoms with van der Waals surface area (Å²) < 4.78 is 51.4. The molecular weight excluding hydrogens is 312 g/mol. The summed E-state index contributed by atoms with van der Waals surface area (Å²) in [6.45, 7) is 2.38. The maximum atomic E-state index is 13.3. The number of halogens is 5. The summed E-state index contributed by atoms with van der Waals surface area (Å²) in [5.74, 6) is -1.29. The standard InChI is InChI=1S/C13H16F4N2O.ClH/c14-11-2-1-9(7-10(11)13(15,16)17)12(8-20)19-5-3-18-4-6-19;/h1-2,7,12,18,20H,3-6,8H2;1H/t12-;/m0./s1. The molecule has 8 heteroatoms. The molecule has 0 saturated carbocycles. The van der Waals surface area contributed by atoms with Crippen molar-refractivity contribution in [3.63, 3.8) is 0 Å². The predicted octanol–water partition coefficient (Wildman–Crippen LogP) is 2.20. The van der Waals surface area contributed by atoms with E-state index in [4.69, 9.17) is 0 Å². The Kier molecular flexibility index (Phi) is 6.40. The Bertz CT molecular complexity index is 464. The van der Waals surface area contributed by atoms with E-state index in [-0.39, 0.29) is 24.6 Å². The van der Waals surface area contributed by atoms with Gasteiger partial charge in [0.25, 0.3) is 0 Å². The molecule has 120 valence electrons. The molecule has 2 rings (SSSR count). The van der Waals surface area contributed by atoms with Crippen LogP contribution in [0, 0.1) is 5.82 Å². The minimum Gasteiger partial charge on any atom is -0.394 e. The molecule has 1 aliphatic heterocycles. The van der Waals surface area contributed by atoms with E-state index in [1.165, 1.54) is 6.07 Å². The van der Waals surface area contributed by atoms with Gasteiger partial charge in [-0.25, -0.2) is 4.39 Å². The molecule has 0 amide bonds. The third-order valence-corrected chi connectivity index (χ3v) is 3.45. The summed E-state index contributed by atoms with van der Waals surface area (Å²) in [5, 5.41) is 12.6. The number of hydrogen-bond donors (Lipinski definition) is 2. The summed E-state index contributed by atoms with van der Waals surface area (Å²) in [5.41, 5.74) is -1.01. The van der Waals surface area contributed by atoms with Gasteiger partial charge < -0.3 is 10.4 Å². The number of hydrogen-bond acceptors (Lipinski definition) is 3. The molecule has 0 spiro atoms. The zero-order valence-electron chi connectivity index (χ0n) is 11.2. The van der Waals surface area contributed by atoms with Crippen molar-refractivity contribution < 1.29 is 22.7 Å². The minimum absolute atomic E-state index is 0. The predicted molar refractivity (Wildman–Crippen MR) is 72.9 cm³/mol. The van der Waals surface area contributed by atoms with E-state index < -0.39 is 23.6 Å². The molecule has 21 heavy (non-hydrogen) atoms. The average molecular weight is 329 g/mol. The van der Waals surface area contributed by atoms with Gasteiger partial charge in [-0.15, -0.1) is 12.4 Å². The lowest BCUT2D eigenvalue weighted by atomic mass is 10.0. The largest absolute Gasteiger partial charge is 0.419 e. The molecule has 1 fully saturated rings. The van der Waals surface area contributed by atoms with Gasteiger partial charge in [-0.05, 0) is 17.7 Å². The number of rotatable bonds is 3. The van der Waals surface area contributed by atoms with E-state index in [2.05, 4.69) is 5.32 Å². The van der Waals surface area contributed by atoms with E-state index in [9.17, 15) is 22.7 Å². The molecule has 3 nitrogen and oxygen atoms in total. The highest BCUT2D eigenvalue weighted by atomic mass is 35.5. The fourth-order valence-corrected chi connectivity index (χ4v) is 2.39. The second kappa shape index (κ2) is 7.40. The van der Waals surface area contributed by atoms with Crippen molar-refractivity contribution in [2.75, 3.05) is 32.8 Å². The summed E-state index contributed by atoms with van der Waals surface area (Å²) >= 11 is 0. The molecule has 1 atom stereocenters. The first-order chi connectivity index (χ1) is 9.43. The van der Waals surface area contributed by atoms with Crippen LogP contribution < -0.4 is 5.32 Å². The quantitative estimate of drug-likeness (QED) is 0.835. The second-order valence-corrected chi connectivity index (χ2v) is 4.72. The molecule has 0 bridgehead atoms. The zero-order chi connectivity index (χ0) is 14.8. The number of aliphatic hydroxyl groups is 1. The van der Waals surface area contributed by atoms with Crippen molar-refractivity contribution in [1.82, 2.24) is 10.2 Å². The van der Waals surface area contributed by atoms with Crippen LogP contribution in [0.5, 0.6) is 0 Å². The maximum Gasteiger partial charge on any atom is 0.419 e. The SMILES string of the molecule is Cl.OC[C@@H](c1ccc(F)c(C(F)(F)F)c1)N1CCNCC1. The van der Waals surface area contributed by atoms with Gasteiger partial charge in [0.2, 0.25) is 0 Å². The van der Waals surface area contributed by atoms with Crippen molar-refractivity contribution in [2.24, 2.45) is 0 Å². The summed E-state index contributed by atoms with van der Waals surface area (Å²) in [7, 11) is 0. The van der Waals surface area contributed by atoms with Gasteiger partial charge in [0.05, 0.1) is 18.2 Å². The number of nitrogens with one attached hydrogen (secondary N) is 1. The fourth-order valence-electron chi connectivity index (χ4n) is 2.39. The maximum absolute atomic E-state index is 13.3. The third-order valence-electron chi connectivity index (χ3n) is 3.45. The lowest BCUT2D eigenvalue weighted by Crippen LogP contribution is -2.46. The Labute approximate surface area is 126 Å². The number of aliphatic hydroxyl groups excluding tert-OH is 1. The van der Waals surface area contributed by atoms with Gasteiger partial charge in [0.15, 0.2) is 0 Å². The van der Waals surface area contributed by atoms with Crippen molar-refractivity contribution in [2.45, 2.75) is 12.2 Å². The highest BCUT2D eigenvalue weighted by Crippen LogP contribution is 2.34. The first-order valence-corrected chi connectivity index (χ1v) is 6.35. The molecule has 0 unspecified atom stereocenters. The van der Waals surface area contributed by atoms with E-state index in [0.29, 0.717) is 26.2 Å². The molecule has 0 aliphatic carbocycles. The van der Waals surface area contributed by atoms with Crippen molar-refractivity contribution >= 4 is 12.4 Å². The van der Waals surface area contributed by atoms with Gasteiger partial charge in [0, 0.05) is 26.2 Å². The highest BCUT2D eigenvalue weighted by molar-refractivity contribution is 5.85. The number of alkyl halides is 3. The molecule has 1 aromatic carbocycles. The lowest BCUT2D eigenvalue weighted by molar-refractivity contribution is -0.140. The van der Waals surface area contributed by atoms with Crippen LogP contribution in [0.25, 0.3) is 0 Å². The van der Waals surface area contributed by atoms with Crippen LogP contribution in [0.15, 0.2) is 18.2 Å². The van der Waals surface area contributed by atoms with Crippen LogP contribution in [0.2, 0.25) is 0 Å². The first-order valence-electron chi connectivity index (χ1n) is 6.35. The van der Waals surface area contributed by atoms with Crippen LogP contribution in [-0.4, -0.2) is 42.8 Å². The highest BCUT2D eigenvalue weighted by Gasteiger charge is 2.35. The van der Waals surface area contributed by atoms with Gasteiger partial charge in [0.1, 0.15) is 5.82 Å². The average Bonchev–Trinajstić information content (AvgIpc) is 2.41. The number of nitrogens with zero attached hydrogens (tertiary/aromatic N) is 1. The van der Waals surface area contributed by atoms with Crippen LogP contribution in [-0.2, 0) is 6.18 Å². The Morgan fingerprint density at radius 2 is 1.86 bits per heavy atom. The second-order valence-electron chi connectivity index (χ2n) is 4.72. The van der Waals surface area contributed by atoms with Crippen LogP contribution >= 0.6 is 12.4 Å². The van der Waals surface area contributed by atoms with Crippen LogP contribution in [0.4, 0.5) is 17.6 Å². The van der Waals surface area contributed by atoms with E-state index >= 15 is 0 Å². The van der Waals surface area contributed by atoms with Gasteiger partial charge >= 0.3 is 6.18 Å². The summed E-state index contributed by atoms with van der Waals surface area (Å²) in [4.78, 5) is 1.89. The van der Waals surface area contributed by atoms with Crippen LogP contribution in [0.3, 0.4) is 0 Å². The molecule has 0 radical (unpaired) electrons. The molecule has 1 saturated heterocycles. The molecule has 1 heterocycles. The minimum atomic E-state index is -4.73. The lowest BCUT2D eigenvalue weighted by Gasteiger charge is -2.34. The van der Waals surface area contributed by atoms with Gasteiger partial charge in [-0.3, -0.25) is 4.90 Å². The molecule has 0 aromatic heterocycles. The number of piperazine rings is 1. The number of benzene rings is 1. The Morgan fingerprint density at radius 3 is 2.38 bits per heavy atom.